The van der Waals surface area contributed by atoms with Gasteiger partial charge in [-0.1, -0.05) is 11.6 Å². The van der Waals surface area contributed by atoms with E-state index in [4.69, 9.17) is 16.3 Å². The number of rotatable bonds is 3. The number of nitrogens with one attached hydrogen (secondary N) is 1. The molecule has 5 heteroatoms. The normalized spacial score (nSPS) is 10.2. The highest BCUT2D eigenvalue weighted by molar-refractivity contribution is 6.32. The van der Waals surface area contributed by atoms with Gasteiger partial charge in [-0.2, -0.15) is 0 Å². The van der Waals surface area contributed by atoms with Gasteiger partial charge in [-0.25, -0.2) is 4.98 Å². The molecule has 0 amide bonds. The predicted molar refractivity (Wildman–Crippen MR) is 64.5 cm³/mol. The van der Waals surface area contributed by atoms with Gasteiger partial charge in [-0.15, -0.1) is 0 Å². The third-order valence-corrected chi connectivity index (χ3v) is 2.54. The second kappa shape index (κ2) is 4.45. The first-order valence-electron chi connectivity index (χ1n) is 4.78. The van der Waals surface area contributed by atoms with Crippen LogP contribution in [-0.4, -0.2) is 16.7 Å². The first kappa shape index (κ1) is 10.8. The van der Waals surface area contributed by atoms with Crippen molar-refractivity contribution in [1.82, 2.24) is 9.55 Å². The average Bonchev–Trinajstić information content (AvgIpc) is 2.67. The maximum atomic E-state index is 5.94. The zero-order chi connectivity index (χ0) is 11.5. The van der Waals surface area contributed by atoms with Crippen LogP contribution in [-0.2, 0) is 7.05 Å². The maximum Gasteiger partial charge on any atom is 0.207 e. The number of aryl methyl sites for hydroxylation is 1. The van der Waals surface area contributed by atoms with E-state index < -0.39 is 0 Å². The van der Waals surface area contributed by atoms with Crippen molar-refractivity contribution in [2.45, 2.75) is 0 Å². The molecule has 0 unspecified atom stereocenters. The summed E-state index contributed by atoms with van der Waals surface area (Å²) in [4.78, 5) is 4.17. The van der Waals surface area contributed by atoms with Gasteiger partial charge in [-0.3, -0.25) is 0 Å². The quantitative estimate of drug-likeness (QED) is 0.892. The number of nitrogens with zero attached hydrogens (tertiary/aromatic N) is 2. The number of methoxy groups -OCH3 is 1. The highest BCUT2D eigenvalue weighted by atomic mass is 35.5. The Bertz CT molecular complexity index is 496. The van der Waals surface area contributed by atoms with Gasteiger partial charge in [0.15, 0.2) is 0 Å². The van der Waals surface area contributed by atoms with E-state index in [0.29, 0.717) is 10.8 Å². The lowest BCUT2D eigenvalue weighted by molar-refractivity contribution is 0.415. The van der Waals surface area contributed by atoms with E-state index in [1.165, 1.54) is 0 Å². The number of ether oxygens (including phenoxy) is 1. The van der Waals surface area contributed by atoms with Crippen LogP contribution in [0.1, 0.15) is 0 Å². The van der Waals surface area contributed by atoms with Gasteiger partial charge < -0.3 is 14.6 Å². The molecule has 1 N–H and O–H groups in total. The molecule has 1 aromatic carbocycles. The number of aromatic nitrogens is 2. The van der Waals surface area contributed by atoms with Gasteiger partial charge in [0.1, 0.15) is 5.75 Å². The fourth-order valence-corrected chi connectivity index (χ4v) is 1.55. The van der Waals surface area contributed by atoms with E-state index in [9.17, 15) is 0 Å². The van der Waals surface area contributed by atoms with Crippen molar-refractivity contribution < 1.29 is 4.74 Å². The fraction of sp³-hybridized carbons (Fsp3) is 0.182. The number of halogens is 1. The van der Waals surface area contributed by atoms with E-state index in [-0.39, 0.29) is 0 Å². The monoisotopic (exact) mass is 237 g/mol. The number of hydrogen-bond donors (Lipinski definition) is 1. The lowest BCUT2D eigenvalue weighted by Gasteiger charge is -2.08. The molecule has 0 aliphatic carbocycles. The molecule has 2 aromatic rings. The SMILES string of the molecule is COc1cc(Nc2nccn2C)ccc1Cl. The Morgan fingerprint density at radius 2 is 2.25 bits per heavy atom. The maximum absolute atomic E-state index is 5.94. The Kier molecular flexibility index (Phi) is 3.01. The third kappa shape index (κ3) is 2.12. The minimum Gasteiger partial charge on any atom is -0.495 e. The minimum absolute atomic E-state index is 0.591. The van der Waals surface area contributed by atoms with Crippen molar-refractivity contribution in [3.8, 4) is 5.75 Å². The highest BCUT2D eigenvalue weighted by Crippen LogP contribution is 2.28. The summed E-state index contributed by atoms with van der Waals surface area (Å²) in [5.74, 6) is 1.41. The smallest absolute Gasteiger partial charge is 0.207 e. The summed E-state index contributed by atoms with van der Waals surface area (Å²) in [6, 6.07) is 5.49. The van der Waals surface area contributed by atoms with Crippen LogP contribution in [0.25, 0.3) is 0 Å². The van der Waals surface area contributed by atoms with Crippen LogP contribution in [0.15, 0.2) is 30.6 Å². The largest absolute Gasteiger partial charge is 0.495 e. The molecule has 0 bridgehead atoms. The van der Waals surface area contributed by atoms with E-state index in [0.717, 1.165) is 11.6 Å². The van der Waals surface area contributed by atoms with E-state index in [1.54, 1.807) is 19.4 Å². The molecule has 4 nitrogen and oxygen atoms in total. The van der Waals surface area contributed by atoms with Crippen LogP contribution in [0, 0.1) is 0 Å². The summed E-state index contributed by atoms with van der Waals surface area (Å²) in [6.45, 7) is 0. The molecule has 0 aliphatic heterocycles. The van der Waals surface area contributed by atoms with Crippen molar-refractivity contribution in [3.05, 3.63) is 35.6 Å². The Balaban J connectivity index is 2.25. The molecule has 0 spiro atoms. The Morgan fingerprint density at radius 3 is 2.88 bits per heavy atom. The van der Waals surface area contributed by atoms with Gasteiger partial charge in [-0.05, 0) is 12.1 Å². The number of benzene rings is 1. The molecule has 0 atom stereocenters. The zero-order valence-corrected chi connectivity index (χ0v) is 9.82. The van der Waals surface area contributed by atoms with Crippen LogP contribution in [0.2, 0.25) is 5.02 Å². The molecule has 2 rings (SSSR count). The topological polar surface area (TPSA) is 39.1 Å². The molecule has 0 saturated carbocycles. The highest BCUT2D eigenvalue weighted by Gasteiger charge is 2.04. The van der Waals surface area contributed by atoms with Crippen LogP contribution >= 0.6 is 11.6 Å². The van der Waals surface area contributed by atoms with Crippen LogP contribution in [0.3, 0.4) is 0 Å². The molecular weight excluding hydrogens is 226 g/mol. The molecule has 16 heavy (non-hydrogen) atoms. The lowest BCUT2D eigenvalue weighted by atomic mass is 10.3. The molecule has 0 aliphatic rings. The van der Waals surface area contributed by atoms with Gasteiger partial charge in [0.05, 0.1) is 12.1 Å². The lowest BCUT2D eigenvalue weighted by Crippen LogP contribution is -1.98. The average molecular weight is 238 g/mol. The third-order valence-electron chi connectivity index (χ3n) is 2.23. The Hall–Kier alpha value is -1.68. The van der Waals surface area contributed by atoms with Crippen molar-refractivity contribution >= 4 is 23.2 Å². The molecular formula is C11H12ClN3O. The summed E-state index contributed by atoms with van der Waals surface area (Å²) >= 11 is 5.94. The van der Waals surface area contributed by atoms with E-state index in [2.05, 4.69) is 10.3 Å². The number of imidazole rings is 1. The van der Waals surface area contributed by atoms with Gasteiger partial charge in [0.2, 0.25) is 5.95 Å². The first-order chi connectivity index (χ1) is 7.70. The summed E-state index contributed by atoms with van der Waals surface area (Å²) in [5, 5.41) is 3.76. The minimum atomic E-state index is 0.591. The van der Waals surface area contributed by atoms with Crippen molar-refractivity contribution in [2.75, 3.05) is 12.4 Å². The number of anilines is 2. The second-order valence-electron chi connectivity index (χ2n) is 3.34. The second-order valence-corrected chi connectivity index (χ2v) is 3.74. The summed E-state index contributed by atoms with van der Waals surface area (Å²) in [7, 11) is 3.51. The van der Waals surface area contributed by atoms with Crippen LogP contribution in [0.5, 0.6) is 5.75 Å². The molecule has 1 heterocycles. The first-order valence-corrected chi connectivity index (χ1v) is 5.16. The molecule has 84 valence electrons. The van der Waals surface area contributed by atoms with E-state index >= 15 is 0 Å². The van der Waals surface area contributed by atoms with Crippen LogP contribution in [0.4, 0.5) is 11.6 Å². The predicted octanol–water partition coefficient (Wildman–Crippen LogP) is 2.83. The Labute approximate surface area is 98.8 Å². The van der Waals surface area contributed by atoms with Crippen molar-refractivity contribution in [1.29, 1.82) is 0 Å². The molecule has 0 fully saturated rings. The Morgan fingerprint density at radius 1 is 1.44 bits per heavy atom. The molecule has 1 aromatic heterocycles. The zero-order valence-electron chi connectivity index (χ0n) is 9.07. The fourth-order valence-electron chi connectivity index (χ4n) is 1.35. The van der Waals surface area contributed by atoms with Gasteiger partial charge in [0, 0.05) is 31.2 Å². The molecule has 0 radical (unpaired) electrons. The van der Waals surface area contributed by atoms with E-state index in [1.807, 2.05) is 29.9 Å². The standard InChI is InChI=1S/C11H12ClN3O/c1-15-6-5-13-11(15)14-8-3-4-9(12)10(7-8)16-2/h3-7H,1-2H3,(H,13,14). The van der Waals surface area contributed by atoms with Crippen molar-refractivity contribution in [2.24, 2.45) is 7.05 Å². The van der Waals surface area contributed by atoms with Crippen molar-refractivity contribution in [3.63, 3.8) is 0 Å². The number of hydrogen-bond acceptors (Lipinski definition) is 3. The van der Waals surface area contributed by atoms with Gasteiger partial charge >= 0.3 is 0 Å². The summed E-state index contributed by atoms with van der Waals surface area (Å²) in [5.41, 5.74) is 0.885. The molecule has 0 saturated heterocycles. The summed E-state index contributed by atoms with van der Waals surface area (Å²) < 4.78 is 7.03. The van der Waals surface area contributed by atoms with Gasteiger partial charge in [0.25, 0.3) is 0 Å². The summed E-state index contributed by atoms with van der Waals surface area (Å²) in [6.07, 6.45) is 3.60. The van der Waals surface area contributed by atoms with Crippen LogP contribution < -0.4 is 10.1 Å².